The van der Waals surface area contributed by atoms with Crippen LogP contribution in [0.4, 0.5) is 10.2 Å². The molecular weight excluding hydrogens is 405 g/mol. The fraction of sp³-hybridized carbons (Fsp3) is 0.640. The molecule has 0 spiro atoms. The monoisotopic (exact) mass is 441 g/mol. The van der Waals surface area contributed by atoms with E-state index in [9.17, 15) is 9.18 Å². The summed E-state index contributed by atoms with van der Waals surface area (Å²) in [6, 6.07) is 5.58. The topological polar surface area (TPSA) is 61.4 Å². The van der Waals surface area contributed by atoms with Crippen LogP contribution in [0.3, 0.4) is 0 Å². The van der Waals surface area contributed by atoms with Crippen molar-refractivity contribution in [1.82, 2.24) is 19.8 Å². The number of likely N-dealkylation sites (tertiary alicyclic amines) is 1. The first-order valence-corrected chi connectivity index (χ1v) is 12.1. The number of halogens is 1. The third-order valence-electron chi connectivity index (χ3n) is 7.51. The molecular formula is C25H36FN5O. The van der Waals surface area contributed by atoms with Crippen molar-refractivity contribution in [3.8, 4) is 0 Å². The Morgan fingerprint density at radius 2 is 2.06 bits per heavy atom. The standard InChI is InChI=1S/C25H36FN5O/c1-5-6-17-13-19(30(4)16(2)3)8-10-23(17)31-12-11-22(25(31)32)29-24-20-14-18(26)7-9-21(20)27-15-28-24/h7,9,14-17,19,22-23H,5-6,8,10-13H2,1-4H3,(H,27,28,29)/t17-,19+,22-,23-/m0/s1. The molecule has 0 bridgehead atoms. The van der Waals surface area contributed by atoms with Gasteiger partial charge < -0.3 is 15.1 Å². The van der Waals surface area contributed by atoms with E-state index in [2.05, 4.69) is 52.9 Å². The number of anilines is 1. The second kappa shape index (κ2) is 9.69. The Hall–Kier alpha value is -2.28. The van der Waals surface area contributed by atoms with Gasteiger partial charge in [0, 0.05) is 30.1 Å². The number of carbonyl (C=O) groups excluding carboxylic acids is 1. The third-order valence-corrected chi connectivity index (χ3v) is 7.51. The van der Waals surface area contributed by atoms with Crippen LogP contribution in [0.1, 0.15) is 59.3 Å². The van der Waals surface area contributed by atoms with Gasteiger partial charge in [0.15, 0.2) is 0 Å². The summed E-state index contributed by atoms with van der Waals surface area (Å²) in [7, 11) is 2.23. The molecule has 2 fully saturated rings. The van der Waals surface area contributed by atoms with Crippen molar-refractivity contribution in [2.45, 2.75) is 83.5 Å². The molecule has 32 heavy (non-hydrogen) atoms. The lowest BCUT2D eigenvalue weighted by Gasteiger charge is -2.44. The maximum atomic E-state index is 13.8. The molecule has 4 rings (SSSR count). The van der Waals surface area contributed by atoms with Crippen LogP contribution in [0, 0.1) is 11.7 Å². The molecule has 0 unspecified atom stereocenters. The molecule has 174 valence electrons. The highest BCUT2D eigenvalue weighted by atomic mass is 19.1. The van der Waals surface area contributed by atoms with Crippen LogP contribution in [0.5, 0.6) is 0 Å². The molecule has 1 aromatic carbocycles. The molecule has 1 aliphatic heterocycles. The minimum Gasteiger partial charge on any atom is -0.358 e. The lowest BCUT2D eigenvalue weighted by Crippen LogP contribution is -2.51. The van der Waals surface area contributed by atoms with Crippen LogP contribution in [-0.2, 0) is 4.79 Å². The molecule has 1 aliphatic carbocycles. The summed E-state index contributed by atoms with van der Waals surface area (Å²) in [4.78, 5) is 26.6. The van der Waals surface area contributed by atoms with Gasteiger partial charge in [-0.15, -0.1) is 0 Å². The highest BCUT2D eigenvalue weighted by Gasteiger charge is 2.42. The Morgan fingerprint density at radius 3 is 2.81 bits per heavy atom. The van der Waals surface area contributed by atoms with Crippen molar-refractivity contribution >= 4 is 22.6 Å². The average molecular weight is 442 g/mol. The van der Waals surface area contributed by atoms with Crippen LogP contribution in [0.2, 0.25) is 0 Å². The van der Waals surface area contributed by atoms with E-state index in [1.165, 1.54) is 18.5 Å². The van der Waals surface area contributed by atoms with Crippen molar-refractivity contribution in [2.24, 2.45) is 5.92 Å². The number of benzene rings is 1. The van der Waals surface area contributed by atoms with Crippen molar-refractivity contribution in [2.75, 3.05) is 18.9 Å². The highest BCUT2D eigenvalue weighted by molar-refractivity contribution is 5.93. The number of aromatic nitrogens is 2. The molecule has 1 saturated heterocycles. The van der Waals surface area contributed by atoms with E-state index >= 15 is 0 Å². The Kier molecular flexibility index (Phi) is 6.93. The van der Waals surface area contributed by atoms with E-state index in [4.69, 9.17) is 0 Å². The molecule has 1 aromatic heterocycles. The summed E-state index contributed by atoms with van der Waals surface area (Å²) < 4.78 is 13.8. The average Bonchev–Trinajstić information content (AvgIpc) is 3.13. The number of fused-ring (bicyclic) bond motifs is 1. The molecule has 1 amide bonds. The number of rotatable bonds is 7. The number of hydrogen-bond acceptors (Lipinski definition) is 5. The van der Waals surface area contributed by atoms with Crippen molar-refractivity contribution in [1.29, 1.82) is 0 Å². The molecule has 0 radical (unpaired) electrons. The lowest BCUT2D eigenvalue weighted by atomic mass is 9.77. The number of amides is 1. The first kappa shape index (κ1) is 22.9. The number of nitrogens with one attached hydrogen (secondary N) is 1. The largest absolute Gasteiger partial charge is 0.358 e. The summed E-state index contributed by atoms with van der Waals surface area (Å²) in [5, 5.41) is 3.91. The third kappa shape index (κ3) is 4.58. The summed E-state index contributed by atoms with van der Waals surface area (Å²) in [6.45, 7) is 7.51. The van der Waals surface area contributed by atoms with Gasteiger partial charge in [-0.25, -0.2) is 14.4 Å². The lowest BCUT2D eigenvalue weighted by molar-refractivity contribution is -0.132. The van der Waals surface area contributed by atoms with E-state index in [1.54, 1.807) is 6.07 Å². The molecule has 2 aliphatic rings. The normalized spacial score (nSPS) is 26.5. The zero-order valence-corrected chi connectivity index (χ0v) is 19.7. The van der Waals surface area contributed by atoms with Gasteiger partial charge in [0.1, 0.15) is 24.0 Å². The van der Waals surface area contributed by atoms with E-state index in [-0.39, 0.29) is 17.8 Å². The Labute approximate surface area is 190 Å². The number of hydrogen-bond donors (Lipinski definition) is 1. The molecule has 1 saturated carbocycles. The Bertz CT molecular complexity index is 951. The van der Waals surface area contributed by atoms with E-state index in [0.717, 1.165) is 45.1 Å². The summed E-state index contributed by atoms with van der Waals surface area (Å²) in [6.07, 6.45) is 7.86. The van der Waals surface area contributed by atoms with Crippen LogP contribution >= 0.6 is 0 Å². The van der Waals surface area contributed by atoms with E-state index < -0.39 is 0 Å². The minimum absolute atomic E-state index is 0.148. The predicted octanol–water partition coefficient (Wildman–Crippen LogP) is 4.46. The number of carbonyl (C=O) groups is 1. The van der Waals surface area contributed by atoms with Gasteiger partial charge in [-0.3, -0.25) is 4.79 Å². The smallest absolute Gasteiger partial charge is 0.245 e. The molecule has 1 N–H and O–H groups in total. The van der Waals surface area contributed by atoms with Crippen molar-refractivity contribution in [3.63, 3.8) is 0 Å². The SMILES string of the molecule is CCC[C@H]1C[C@H](N(C)C(C)C)CC[C@@H]1N1CC[C@H](Nc2ncnc3ccc(F)cc23)C1=O. The van der Waals surface area contributed by atoms with Crippen LogP contribution in [0.25, 0.3) is 10.9 Å². The van der Waals surface area contributed by atoms with Crippen LogP contribution in [0.15, 0.2) is 24.5 Å². The maximum Gasteiger partial charge on any atom is 0.245 e. The minimum atomic E-state index is -0.333. The van der Waals surface area contributed by atoms with Crippen LogP contribution in [-0.4, -0.2) is 63.4 Å². The van der Waals surface area contributed by atoms with E-state index in [1.807, 2.05) is 0 Å². The zero-order chi connectivity index (χ0) is 22.8. The van der Waals surface area contributed by atoms with Crippen molar-refractivity contribution in [3.05, 3.63) is 30.3 Å². The maximum absolute atomic E-state index is 13.8. The summed E-state index contributed by atoms with van der Waals surface area (Å²) >= 11 is 0. The van der Waals surface area contributed by atoms with Gasteiger partial charge in [-0.05, 0) is 77.1 Å². The van der Waals surface area contributed by atoms with Gasteiger partial charge in [0.2, 0.25) is 5.91 Å². The molecule has 2 heterocycles. The van der Waals surface area contributed by atoms with Crippen LogP contribution < -0.4 is 5.32 Å². The predicted molar refractivity (Wildman–Crippen MR) is 126 cm³/mol. The van der Waals surface area contributed by atoms with Crippen molar-refractivity contribution < 1.29 is 9.18 Å². The summed E-state index contributed by atoms with van der Waals surface area (Å²) in [5.41, 5.74) is 0.668. The molecule has 2 aromatic rings. The van der Waals surface area contributed by atoms with Gasteiger partial charge >= 0.3 is 0 Å². The fourth-order valence-corrected chi connectivity index (χ4v) is 5.58. The fourth-order valence-electron chi connectivity index (χ4n) is 5.58. The highest BCUT2D eigenvalue weighted by Crippen LogP contribution is 2.36. The van der Waals surface area contributed by atoms with Gasteiger partial charge in [0.25, 0.3) is 0 Å². The van der Waals surface area contributed by atoms with Gasteiger partial charge in [-0.2, -0.15) is 0 Å². The Morgan fingerprint density at radius 1 is 1.25 bits per heavy atom. The quantitative estimate of drug-likeness (QED) is 0.687. The molecule has 6 nitrogen and oxygen atoms in total. The van der Waals surface area contributed by atoms with Gasteiger partial charge in [-0.1, -0.05) is 13.3 Å². The zero-order valence-electron chi connectivity index (χ0n) is 19.7. The number of nitrogens with zero attached hydrogens (tertiary/aromatic N) is 4. The van der Waals surface area contributed by atoms with E-state index in [0.29, 0.717) is 40.8 Å². The Balaban J connectivity index is 1.48. The first-order chi connectivity index (χ1) is 15.4. The second-order valence-corrected chi connectivity index (χ2v) is 9.74. The van der Waals surface area contributed by atoms with Gasteiger partial charge in [0.05, 0.1) is 5.52 Å². The molecule has 4 atom stereocenters. The first-order valence-electron chi connectivity index (χ1n) is 12.1. The summed E-state index contributed by atoms with van der Waals surface area (Å²) in [5.74, 6) is 0.883. The second-order valence-electron chi connectivity index (χ2n) is 9.74. The molecule has 7 heteroatoms.